The van der Waals surface area contributed by atoms with E-state index < -0.39 is 0 Å². The maximum atomic E-state index is 11.5. The van der Waals surface area contributed by atoms with E-state index in [1.165, 1.54) is 5.69 Å². The van der Waals surface area contributed by atoms with Crippen molar-refractivity contribution in [2.24, 2.45) is 5.92 Å². The number of nitrogens with zero attached hydrogens (tertiary/aromatic N) is 5. The van der Waals surface area contributed by atoms with Crippen molar-refractivity contribution in [3.05, 3.63) is 60.3 Å². The Hall–Kier alpha value is -4.16. The van der Waals surface area contributed by atoms with Crippen LogP contribution in [0.25, 0.3) is 11.3 Å². The number of piperidine rings is 1. The van der Waals surface area contributed by atoms with Crippen LogP contribution in [0.15, 0.2) is 54.7 Å². The largest absolute Gasteiger partial charge is 0.492 e. The summed E-state index contributed by atoms with van der Waals surface area (Å²) in [4.78, 5) is 24.8. The number of benzene rings is 2. The lowest BCUT2D eigenvalue weighted by Crippen LogP contribution is -2.37. The monoisotopic (exact) mass is 526 g/mol. The van der Waals surface area contributed by atoms with E-state index >= 15 is 0 Å². The molecule has 0 bridgehead atoms. The third-order valence-corrected chi connectivity index (χ3v) is 7.39. The van der Waals surface area contributed by atoms with Crippen molar-refractivity contribution < 1.29 is 14.3 Å². The van der Waals surface area contributed by atoms with Crippen LogP contribution in [0.3, 0.4) is 0 Å². The van der Waals surface area contributed by atoms with E-state index in [2.05, 4.69) is 38.4 Å². The molecule has 0 unspecified atom stereocenters. The maximum Gasteiger partial charge on any atom is 0.227 e. The van der Waals surface area contributed by atoms with Crippen molar-refractivity contribution in [1.29, 1.82) is 5.26 Å². The predicted molar refractivity (Wildman–Crippen MR) is 150 cm³/mol. The first-order valence-corrected chi connectivity index (χ1v) is 13.5. The molecule has 0 radical (unpaired) electrons. The Balaban J connectivity index is 1.18. The second kappa shape index (κ2) is 12.6. The highest BCUT2D eigenvalue weighted by Gasteiger charge is 2.20. The van der Waals surface area contributed by atoms with Crippen LogP contribution < -0.4 is 15.0 Å². The topological polar surface area (TPSA) is 104 Å². The third kappa shape index (κ3) is 6.84. The summed E-state index contributed by atoms with van der Waals surface area (Å²) in [5.74, 6) is 1.75. The zero-order valence-electron chi connectivity index (χ0n) is 22.3. The lowest BCUT2D eigenvalue weighted by atomic mass is 9.94. The van der Waals surface area contributed by atoms with Crippen LogP contribution in [-0.4, -0.2) is 66.8 Å². The number of nitriles is 1. The number of nitrogens with one attached hydrogen (secondary N) is 1. The van der Waals surface area contributed by atoms with E-state index in [9.17, 15) is 10.1 Å². The molecule has 2 fully saturated rings. The predicted octanol–water partition coefficient (Wildman–Crippen LogP) is 4.62. The first-order valence-electron chi connectivity index (χ1n) is 13.5. The van der Waals surface area contributed by atoms with E-state index in [1.807, 2.05) is 41.3 Å². The number of carbonyl (C=O) groups excluding carboxylic acids is 1. The molecule has 1 amide bonds. The fourth-order valence-electron chi connectivity index (χ4n) is 5.06. The summed E-state index contributed by atoms with van der Waals surface area (Å²) in [5, 5.41) is 13.0. The van der Waals surface area contributed by atoms with Crippen LogP contribution in [-0.2, 0) is 9.53 Å². The van der Waals surface area contributed by atoms with Crippen molar-refractivity contribution in [1.82, 2.24) is 14.9 Å². The number of ether oxygens (including phenoxy) is 2. The van der Waals surface area contributed by atoms with Gasteiger partial charge in [-0.05, 0) is 73.7 Å². The van der Waals surface area contributed by atoms with Gasteiger partial charge in [0, 0.05) is 56.2 Å². The van der Waals surface area contributed by atoms with Crippen LogP contribution in [0, 0.1) is 17.2 Å². The first-order chi connectivity index (χ1) is 19.1. The molecule has 39 heavy (non-hydrogen) atoms. The summed E-state index contributed by atoms with van der Waals surface area (Å²) in [7, 11) is 0. The minimum atomic E-state index is 0.146. The minimum Gasteiger partial charge on any atom is -0.492 e. The summed E-state index contributed by atoms with van der Waals surface area (Å²) in [5.41, 5.74) is 4.09. The van der Waals surface area contributed by atoms with E-state index in [0.29, 0.717) is 29.8 Å². The number of hydrogen-bond donors (Lipinski definition) is 1. The normalized spacial score (nSPS) is 16.0. The fraction of sp³-hybridized carbons (Fsp3) is 0.400. The molecule has 2 aromatic carbocycles. The average molecular weight is 527 g/mol. The molecule has 1 aromatic heterocycles. The second-order valence-electron chi connectivity index (χ2n) is 9.95. The molecule has 0 aliphatic carbocycles. The molecular formula is C30H34N6O3. The van der Waals surface area contributed by atoms with Crippen molar-refractivity contribution >= 4 is 23.2 Å². The van der Waals surface area contributed by atoms with Gasteiger partial charge in [0.15, 0.2) is 0 Å². The minimum absolute atomic E-state index is 0.146. The van der Waals surface area contributed by atoms with Gasteiger partial charge in [-0.1, -0.05) is 0 Å². The molecule has 0 saturated carbocycles. The van der Waals surface area contributed by atoms with Crippen LogP contribution in [0.2, 0.25) is 0 Å². The Morgan fingerprint density at radius 2 is 1.87 bits per heavy atom. The molecule has 9 heteroatoms. The molecule has 2 aliphatic heterocycles. The molecule has 202 valence electrons. The number of rotatable bonds is 8. The highest BCUT2D eigenvalue weighted by atomic mass is 16.5. The van der Waals surface area contributed by atoms with Gasteiger partial charge in [0.1, 0.15) is 11.8 Å². The molecule has 1 N–H and O–H groups in total. The Morgan fingerprint density at radius 3 is 2.59 bits per heavy atom. The standard InChI is InChI=1S/C30H34N6O3/c1-22(37)35-13-9-23(10-14-35)11-17-39-29-7-2-24(20-25(29)21-31)28-8-12-32-30(34-28)33-26-3-5-27(6-4-26)36-15-18-38-19-16-36/h2-8,12,20,23H,9-11,13-19H2,1H3,(H,32,33,34). The van der Waals surface area contributed by atoms with Crippen molar-refractivity contribution in [2.45, 2.75) is 26.2 Å². The van der Waals surface area contributed by atoms with Gasteiger partial charge >= 0.3 is 0 Å². The van der Waals surface area contributed by atoms with E-state index in [0.717, 1.165) is 75.6 Å². The highest BCUT2D eigenvalue weighted by molar-refractivity contribution is 5.73. The first kappa shape index (κ1) is 26.4. The maximum absolute atomic E-state index is 11.5. The lowest BCUT2D eigenvalue weighted by Gasteiger charge is -2.31. The summed E-state index contributed by atoms with van der Waals surface area (Å²) in [6, 6.07) is 17.9. The molecule has 2 saturated heterocycles. The second-order valence-corrected chi connectivity index (χ2v) is 9.95. The van der Waals surface area contributed by atoms with Gasteiger partial charge in [-0.2, -0.15) is 5.26 Å². The Kier molecular flexibility index (Phi) is 8.54. The van der Waals surface area contributed by atoms with Crippen LogP contribution in [0.5, 0.6) is 5.75 Å². The Labute approximate surface area is 229 Å². The molecule has 5 rings (SSSR count). The number of anilines is 3. The summed E-state index contributed by atoms with van der Waals surface area (Å²) in [6.45, 7) is 7.10. The smallest absolute Gasteiger partial charge is 0.227 e. The van der Waals surface area contributed by atoms with Gasteiger partial charge in [-0.25, -0.2) is 9.97 Å². The van der Waals surface area contributed by atoms with Crippen LogP contribution >= 0.6 is 0 Å². The molecular weight excluding hydrogens is 492 g/mol. The number of aromatic nitrogens is 2. The Morgan fingerprint density at radius 1 is 1.10 bits per heavy atom. The van der Waals surface area contributed by atoms with Gasteiger partial charge in [0.05, 0.1) is 31.1 Å². The Bertz CT molecular complexity index is 1310. The lowest BCUT2D eigenvalue weighted by molar-refractivity contribution is -0.130. The molecule has 3 aromatic rings. The van der Waals surface area contributed by atoms with Crippen molar-refractivity contribution in [3.63, 3.8) is 0 Å². The molecule has 9 nitrogen and oxygen atoms in total. The van der Waals surface area contributed by atoms with Gasteiger partial charge in [0.25, 0.3) is 0 Å². The van der Waals surface area contributed by atoms with Crippen molar-refractivity contribution in [2.75, 3.05) is 56.2 Å². The van der Waals surface area contributed by atoms with E-state index in [1.54, 1.807) is 13.1 Å². The SMILES string of the molecule is CC(=O)N1CCC(CCOc2ccc(-c3ccnc(Nc4ccc(N5CCOCC5)cc4)n3)cc2C#N)CC1. The van der Waals surface area contributed by atoms with E-state index in [-0.39, 0.29) is 5.91 Å². The zero-order valence-corrected chi connectivity index (χ0v) is 22.3. The average Bonchev–Trinajstić information content (AvgIpc) is 2.98. The number of carbonyl (C=O) groups is 1. The summed E-state index contributed by atoms with van der Waals surface area (Å²) in [6.07, 6.45) is 4.61. The summed E-state index contributed by atoms with van der Waals surface area (Å²) < 4.78 is 11.4. The van der Waals surface area contributed by atoms with Gasteiger partial charge in [0.2, 0.25) is 11.9 Å². The molecule has 0 atom stereocenters. The summed E-state index contributed by atoms with van der Waals surface area (Å²) >= 11 is 0. The highest BCUT2D eigenvalue weighted by Crippen LogP contribution is 2.28. The van der Waals surface area contributed by atoms with Gasteiger partial charge in [-0.3, -0.25) is 4.79 Å². The van der Waals surface area contributed by atoms with Crippen molar-refractivity contribution in [3.8, 4) is 23.1 Å². The number of hydrogen-bond acceptors (Lipinski definition) is 8. The van der Waals surface area contributed by atoms with Gasteiger partial charge in [-0.15, -0.1) is 0 Å². The fourth-order valence-corrected chi connectivity index (χ4v) is 5.06. The number of morpholine rings is 1. The van der Waals surface area contributed by atoms with Crippen LogP contribution in [0.4, 0.5) is 17.3 Å². The molecule has 0 spiro atoms. The van der Waals surface area contributed by atoms with Gasteiger partial charge < -0.3 is 24.6 Å². The molecule has 2 aliphatic rings. The number of likely N-dealkylation sites (tertiary alicyclic amines) is 1. The third-order valence-electron chi connectivity index (χ3n) is 7.39. The van der Waals surface area contributed by atoms with Crippen LogP contribution in [0.1, 0.15) is 31.7 Å². The molecule has 3 heterocycles. The number of amides is 1. The quantitative estimate of drug-likeness (QED) is 0.453. The van der Waals surface area contributed by atoms with E-state index in [4.69, 9.17) is 9.47 Å². The zero-order chi connectivity index (χ0) is 27.0.